The van der Waals surface area contributed by atoms with Crippen molar-refractivity contribution in [2.24, 2.45) is 0 Å². The van der Waals surface area contributed by atoms with Gasteiger partial charge in [-0.25, -0.2) is 19.9 Å². The molecule has 0 unspecified atom stereocenters. The number of anilines is 2. The van der Waals surface area contributed by atoms with Crippen LogP contribution in [0, 0.1) is 0 Å². The quantitative estimate of drug-likeness (QED) is 0.371. The first-order valence-electron chi connectivity index (χ1n) is 11.7. The molecule has 0 atom stereocenters. The summed E-state index contributed by atoms with van der Waals surface area (Å²) in [7, 11) is 1.59. The molecule has 4 N–H and O–H groups in total. The highest BCUT2D eigenvalue weighted by molar-refractivity contribution is 6.30. The second-order valence-corrected chi connectivity index (χ2v) is 8.79. The van der Waals surface area contributed by atoms with Crippen LogP contribution >= 0.6 is 11.6 Å². The Morgan fingerprint density at radius 2 is 1.94 bits per heavy atom. The molecule has 0 aliphatic heterocycles. The molecule has 9 heteroatoms. The first-order chi connectivity index (χ1) is 17.1. The lowest BCUT2D eigenvalue weighted by Gasteiger charge is -2.24. The third-order valence-corrected chi connectivity index (χ3v) is 6.23. The number of hydrogen-bond donors (Lipinski definition) is 3. The molecule has 1 heterocycles. The van der Waals surface area contributed by atoms with Crippen molar-refractivity contribution < 1.29 is 25.0 Å². The minimum Gasteiger partial charge on any atom is -0.493 e. The Morgan fingerprint density at radius 3 is 2.66 bits per heavy atom. The molecule has 1 fully saturated rings. The molecule has 2 amide bonds. The predicted octanol–water partition coefficient (Wildman–Crippen LogP) is 4.74. The number of carbonyl (C=O) groups excluding carboxylic acids is 1. The molecule has 0 spiro atoms. The number of methoxy groups -OCH3 is 1. The number of quaternary nitrogens is 1. The van der Waals surface area contributed by atoms with Gasteiger partial charge in [0.2, 0.25) is 11.5 Å². The molecule has 0 radical (unpaired) electrons. The number of nitrogens with zero attached hydrogens (tertiary/aromatic N) is 2. The maximum Gasteiger partial charge on any atom is 0.327 e. The monoisotopic (exact) mass is 497 g/mol. The minimum absolute atomic E-state index is 0.122. The van der Waals surface area contributed by atoms with Gasteiger partial charge >= 0.3 is 6.03 Å². The van der Waals surface area contributed by atoms with Gasteiger partial charge in [-0.3, -0.25) is 0 Å². The lowest BCUT2D eigenvalue weighted by atomic mass is 10.1. The van der Waals surface area contributed by atoms with Crippen molar-refractivity contribution in [2.45, 2.75) is 38.2 Å². The van der Waals surface area contributed by atoms with Gasteiger partial charge in [-0.15, -0.1) is 0 Å². The third-order valence-electron chi connectivity index (χ3n) is 5.98. The van der Waals surface area contributed by atoms with Gasteiger partial charge in [-0.2, -0.15) is 5.48 Å². The van der Waals surface area contributed by atoms with Gasteiger partial charge in [-0.05, 0) is 68.0 Å². The molecular formula is C26H30ClN4O4+. The smallest absolute Gasteiger partial charge is 0.327 e. The largest absolute Gasteiger partial charge is 0.493 e. The second kappa shape index (κ2) is 11.9. The Bertz CT molecular complexity index is 1140. The van der Waals surface area contributed by atoms with Crippen molar-refractivity contribution in [2.75, 3.05) is 18.6 Å². The highest BCUT2D eigenvalue weighted by Crippen LogP contribution is 2.37. The van der Waals surface area contributed by atoms with E-state index in [0.717, 1.165) is 36.7 Å². The average molecular weight is 498 g/mol. The lowest BCUT2D eigenvalue weighted by Crippen LogP contribution is -2.74. The van der Waals surface area contributed by atoms with Crippen molar-refractivity contribution in [3.63, 3.8) is 0 Å². The fraction of sp³-hybridized carbons (Fsp3) is 0.308. The molecule has 0 saturated heterocycles. The topological polar surface area (TPSA) is 101 Å². The normalized spacial score (nSPS) is 13.5. The van der Waals surface area contributed by atoms with Crippen molar-refractivity contribution in [1.82, 2.24) is 10.3 Å². The van der Waals surface area contributed by atoms with Crippen LogP contribution in [0.25, 0.3) is 0 Å². The number of ether oxygens (including phenoxy) is 2. The van der Waals surface area contributed by atoms with Gasteiger partial charge in [0, 0.05) is 29.9 Å². The number of pyridine rings is 1. The van der Waals surface area contributed by atoms with Crippen LogP contribution in [-0.4, -0.2) is 36.0 Å². The van der Waals surface area contributed by atoms with Crippen LogP contribution < -0.4 is 25.2 Å². The SMILES string of the molecule is COc1ccc(N(C(=O)NCCc2ccc(Cl)cc2)c2ncccc2[NH2+]O)cc1OC1CCCC1. The molecule has 1 aliphatic carbocycles. The van der Waals surface area contributed by atoms with Crippen molar-refractivity contribution >= 4 is 34.8 Å². The number of hydrogen-bond acceptors (Lipinski definition) is 5. The molecule has 4 rings (SSSR count). The summed E-state index contributed by atoms with van der Waals surface area (Å²) in [6, 6.07) is 15.9. The van der Waals surface area contributed by atoms with E-state index in [1.807, 2.05) is 24.3 Å². The van der Waals surface area contributed by atoms with E-state index in [1.54, 1.807) is 43.6 Å². The Labute approximate surface area is 209 Å². The van der Waals surface area contributed by atoms with Crippen LogP contribution in [0.2, 0.25) is 5.02 Å². The van der Waals surface area contributed by atoms with Crippen LogP contribution in [-0.2, 0) is 6.42 Å². The lowest BCUT2D eigenvalue weighted by molar-refractivity contribution is -0.825. The zero-order chi connectivity index (χ0) is 24.6. The third kappa shape index (κ3) is 6.22. The van der Waals surface area contributed by atoms with Crippen molar-refractivity contribution in [1.29, 1.82) is 0 Å². The van der Waals surface area contributed by atoms with Gasteiger partial charge in [-0.1, -0.05) is 23.7 Å². The van der Waals surface area contributed by atoms with Crippen LogP contribution in [0.3, 0.4) is 0 Å². The van der Waals surface area contributed by atoms with Gasteiger partial charge < -0.3 is 14.8 Å². The van der Waals surface area contributed by atoms with E-state index in [2.05, 4.69) is 10.3 Å². The average Bonchev–Trinajstić information content (AvgIpc) is 3.39. The Balaban J connectivity index is 1.61. The van der Waals surface area contributed by atoms with Gasteiger partial charge in [0.15, 0.2) is 11.5 Å². The van der Waals surface area contributed by atoms with Gasteiger partial charge in [0.05, 0.1) is 18.9 Å². The molecule has 0 bridgehead atoms. The minimum atomic E-state index is -0.377. The number of nitrogens with one attached hydrogen (secondary N) is 1. The summed E-state index contributed by atoms with van der Waals surface area (Å²) in [5.74, 6) is 1.47. The molecule has 1 aliphatic rings. The molecule has 184 valence electrons. The summed E-state index contributed by atoms with van der Waals surface area (Å²) in [4.78, 5) is 19.3. The Morgan fingerprint density at radius 1 is 1.17 bits per heavy atom. The summed E-state index contributed by atoms with van der Waals surface area (Å²) in [5.41, 5.74) is 2.95. The first kappa shape index (κ1) is 24.8. The van der Waals surface area contributed by atoms with E-state index < -0.39 is 0 Å². The van der Waals surface area contributed by atoms with E-state index >= 15 is 0 Å². The molecule has 3 aromatic rings. The summed E-state index contributed by atoms with van der Waals surface area (Å²) >= 11 is 5.96. The highest BCUT2D eigenvalue weighted by atomic mass is 35.5. The standard InChI is InChI=1S/C26H29ClN4O4/c1-34-23-13-12-20(17-24(23)35-21-5-2-3-6-21)31(25-22(30-33)7-4-15-28-25)26(32)29-16-14-18-8-10-19(27)11-9-18/h4,7-13,15,17,21,30,33H,2-3,5-6,14,16H2,1H3,(H,29,32)/p+1. The number of halogens is 1. The molecule has 1 aromatic heterocycles. The van der Waals surface area contributed by atoms with E-state index in [9.17, 15) is 10.0 Å². The van der Waals surface area contributed by atoms with Crippen molar-refractivity contribution in [3.05, 3.63) is 71.4 Å². The number of carbonyl (C=O) groups is 1. The summed E-state index contributed by atoms with van der Waals surface area (Å²) < 4.78 is 11.7. The predicted molar refractivity (Wildman–Crippen MR) is 134 cm³/mol. The van der Waals surface area contributed by atoms with E-state index in [-0.39, 0.29) is 12.1 Å². The fourth-order valence-electron chi connectivity index (χ4n) is 4.16. The maximum absolute atomic E-state index is 13.5. The van der Waals surface area contributed by atoms with E-state index in [1.165, 1.54) is 4.90 Å². The van der Waals surface area contributed by atoms with E-state index in [0.29, 0.717) is 46.7 Å². The van der Waals surface area contributed by atoms with Gasteiger partial charge in [0.1, 0.15) is 0 Å². The number of benzene rings is 2. The number of aromatic nitrogens is 1. The maximum atomic E-state index is 13.5. The summed E-state index contributed by atoms with van der Waals surface area (Å²) in [5, 5.41) is 13.4. The Hall–Kier alpha value is -3.33. The number of urea groups is 1. The molecule has 8 nitrogen and oxygen atoms in total. The molecule has 1 saturated carbocycles. The Kier molecular flexibility index (Phi) is 8.41. The zero-order valence-electron chi connectivity index (χ0n) is 19.6. The van der Waals surface area contributed by atoms with E-state index in [4.69, 9.17) is 21.1 Å². The van der Waals surface area contributed by atoms with Crippen molar-refractivity contribution in [3.8, 4) is 11.5 Å². The van der Waals surface area contributed by atoms with Crippen LogP contribution in [0.15, 0.2) is 60.8 Å². The van der Waals surface area contributed by atoms with Crippen LogP contribution in [0.1, 0.15) is 31.2 Å². The number of amides is 2. The van der Waals surface area contributed by atoms with Crippen LogP contribution in [0.4, 0.5) is 22.0 Å². The first-order valence-corrected chi connectivity index (χ1v) is 12.1. The number of rotatable bonds is 9. The number of nitrogens with two attached hydrogens (primary N) is 1. The molecule has 2 aromatic carbocycles. The highest BCUT2D eigenvalue weighted by Gasteiger charge is 2.26. The summed E-state index contributed by atoms with van der Waals surface area (Å²) in [6.45, 7) is 0.406. The fourth-order valence-corrected chi connectivity index (χ4v) is 4.28. The summed E-state index contributed by atoms with van der Waals surface area (Å²) in [6.07, 6.45) is 6.60. The van der Waals surface area contributed by atoms with Crippen LogP contribution in [0.5, 0.6) is 11.5 Å². The molecule has 35 heavy (non-hydrogen) atoms. The zero-order valence-corrected chi connectivity index (χ0v) is 20.4. The molecular weight excluding hydrogens is 468 g/mol. The second-order valence-electron chi connectivity index (χ2n) is 8.35. The van der Waals surface area contributed by atoms with Gasteiger partial charge in [0.25, 0.3) is 0 Å².